The second kappa shape index (κ2) is 7.74. The van der Waals surface area contributed by atoms with Crippen LogP contribution in [0.3, 0.4) is 0 Å². The number of rotatable bonds is 6. The molecule has 3 aromatic rings. The van der Waals surface area contributed by atoms with Crippen LogP contribution in [0, 0.1) is 13.8 Å². The Labute approximate surface area is 156 Å². The zero-order valence-corrected chi connectivity index (χ0v) is 16.4. The zero-order chi connectivity index (χ0) is 17.1. The van der Waals surface area contributed by atoms with Crippen LogP contribution in [0.4, 0.5) is 0 Å². The summed E-state index contributed by atoms with van der Waals surface area (Å²) in [5.41, 5.74) is 4.66. The van der Waals surface area contributed by atoms with Crippen molar-refractivity contribution >= 4 is 34.9 Å². The zero-order valence-electron chi connectivity index (χ0n) is 14.0. The third-order valence-corrected chi connectivity index (χ3v) is 6.23. The molecule has 126 valence electrons. The molecule has 0 aliphatic rings. The van der Waals surface area contributed by atoms with E-state index in [0.29, 0.717) is 6.54 Å². The normalized spacial score (nSPS) is 11.4. The van der Waals surface area contributed by atoms with Crippen LogP contribution in [0.15, 0.2) is 46.0 Å². The molecule has 0 radical (unpaired) electrons. The molecule has 24 heavy (non-hydrogen) atoms. The fraction of sp³-hybridized carbons (Fsp3) is 0.278. The molecule has 0 saturated carbocycles. The summed E-state index contributed by atoms with van der Waals surface area (Å²) in [6, 6.07) is 12.2. The smallest absolute Gasteiger partial charge is 0.0753 e. The van der Waals surface area contributed by atoms with Gasteiger partial charge in [0.05, 0.1) is 16.4 Å². The first-order chi connectivity index (χ1) is 11.5. The van der Waals surface area contributed by atoms with Crippen molar-refractivity contribution < 1.29 is 0 Å². The SMILES string of the molecule is Cc1nn(Cc2ccccc2Cl)c(C)c1CN(C)Sc1cccs1. The third kappa shape index (κ3) is 4.03. The maximum absolute atomic E-state index is 6.29. The molecule has 2 aromatic heterocycles. The van der Waals surface area contributed by atoms with Crippen molar-refractivity contribution in [2.24, 2.45) is 0 Å². The fourth-order valence-electron chi connectivity index (χ4n) is 2.63. The molecule has 3 rings (SSSR count). The summed E-state index contributed by atoms with van der Waals surface area (Å²) in [6.07, 6.45) is 0. The number of benzene rings is 1. The van der Waals surface area contributed by atoms with Crippen LogP contribution in [0.2, 0.25) is 5.02 Å². The molecule has 0 N–H and O–H groups in total. The molecule has 3 nitrogen and oxygen atoms in total. The molecule has 0 saturated heterocycles. The van der Waals surface area contributed by atoms with E-state index in [1.165, 1.54) is 15.5 Å². The number of aryl methyl sites for hydroxylation is 1. The Kier molecular flexibility index (Phi) is 5.66. The van der Waals surface area contributed by atoms with Crippen molar-refractivity contribution in [1.82, 2.24) is 14.1 Å². The number of hydrogen-bond donors (Lipinski definition) is 0. The summed E-state index contributed by atoms with van der Waals surface area (Å²) in [7, 11) is 2.12. The summed E-state index contributed by atoms with van der Waals surface area (Å²) in [5.74, 6) is 0. The Morgan fingerprint density at radius 3 is 2.71 bits per heavy atom. The van der Waals surface area contributed by atoms with Crippen molar-refractivity contribution in [1.29, 1.82) is 0 Å². The van der Waals surface area contributed by atoms with Gasteiger partial charge in [0.2, 0.25) is 0 Å². The predicted molar refractivity (Wildman–Crippen MR) is 104 cm³/mol. The minimum atomic E-state index is 0.703. The monoisotopic (exact) mass is 377 g/mol. The highest BCUT2D eigenvalue weighted by Crippen LogP contribution is 2.28. The summed E-state index contributed by atoms with van der Waals surface area (Å²) in [4.78, 5) is 0. The minimum Gasteiger partial charge on any atom is -0.265 e. The van der Waals surface area contributed by atoms with Gasteiger partial charge in [-0.05, 0) is 55.9 Å². The lowest BCUT2D eigenvalue weighted by Crippen LogP contribution is -2.10. The highest BCUT2D eigenvalue weighted by atomic mass is 35.5. The number of nitrogens with zero attached hydrogens (tertiary/aromatic N) is 3. The molecule has 0 atom stereocenters. The third-order valence-electron chi connectivity index (χ3n) is 3.93. The number of halogens is 1. The van der Waals surface area contributed by atoms with Gasteiger partial charge in [0.15, 0.2) is 0 Å². The van der Waals surface area contributed by atoms with Gasteiger partial charge in [-0.15, -0.1) is 11.3 Å². The van der Waals surface area contributed by atoms with Crippen LogP contribution in [0.25, 0.3) is 0 Å². The Morgan fingerprint density at radius 1 is 1.21 bits per heavy atom. The second-order valence-corrected chi connectivity index (χ2v) is 8.57. The van der Waals surface area contributed by atoms with Gasteiger partial charge in [0.25, 0.3) is 0 Å². The Morgan fingerprint density at radius 2 is 2.00 bits per heavy atom. The predicted octanol–water partition coefficient (Wildman–Crippen LogP) is 5.40. The number of hydrogen-bond acceptors (Lipinski definition) is 4. The largest absolute Gasteiger partial charge is 0.265 e. The van der Waals surface area contributed by atoms with Gasteiger partial charge >= 0.3 is 0 Å². The Bertz CT molecular complexity index is 812. The topological polar surface area (TPSA) is 21.1 Å². The number of thiophene rings is 1. The lowest BCUT2D eigenvalue weighted by Gasteiger charge is -2.15. The van der Waals surface area contributed by atoms with Crippen molar-refractivity contribution in [2.45, 2.75) is 31.1 Å². The van der Waals surface area contributed by atoms with Crippen LogP contribution < -0.4 is 0 Å². The van der Waals surface area contributed by atoms with Crippen LogP contribution >= 0.6 is 34.9 Å². The molecule has 0 fully saturated rings. The maximum atomic E-state index is 6.29. The van der Waals surface area contributed by atoms with E-state index >= 15 is 0 Å². The van der Waals surface area contributed by atoms with Gasteiger partial charge < -0.3 is 0 Å². The molecule has 0 aliphatic heterocycles. The number of aromatic nitrogens is 2. The summed E-state index contributed by atoms with van der Waals surface area (Å²) < 4.78 is 5.61. The molecule has 6 heteroatoms. The van der Waals surface area contributed by atoms with Crippen LogP contribution in [-0.4, -0.2) is 21.1 Å². The second-order valence-electron chi connectivity index (χ2n) is 5.71. The van der Waals surface area contributed by atoms with Crippen molar-refractivity contribution in [3.05, 3.63) is 69.3 Å². The van der Waals surface area contributed by atoms with Gasteiger partial charge in [-0.2, -0.15) is 5.10 Å². The molecular weight excluding hydrogens is 358 g/mol. The van der Waals surface area contributed by atoms with Crippen molar-refractivity contribution in [3.63, 3.8) is 0 Å². The molecule has 0 bridgehead atoms. The van der Waals surface area contributed by atoms with E-state index < -0.39 is 0 Å². The first-order valence-corrected chi connectivity index (χ1v) is 9.76. The molecule has 1 aromatic carbocycles. The summed E-state index contributed by atoms with van der Waals surface area (Å²) in [6.45, 7) is 5.78. The first-order valence-electron chi connectivity index (χ1n) is 7.73. The van der Waals surface area contributed by atoms with E-state index in [9.17, 15) is 0 Å². The van der Waals surface area contributed by atoms with Crippen LogP contribution in [0.5, 0.6) is 0 Å². The molecular formula is C18H20ClN3S2. The highest BCUT2D eigenvalue weighted by molar-refractivity contribution is 7.98. The van der Waals surface area contributed by atoms with Crippen molar-refractivity contribution in [2.75, 3.05) is 7.05 Å². The van der Waals surface area contributed by atoms with Crippen molar-refractivity contribution in [3.8, 4) is 0 Å². The Balaban J connectivity index is 1.75. The summed E-state index contributed by atoms with van der Waals surface area (Å²) >= 11 is 9.82. The molecule has 0 amide bonds. The quantitative estimate of drug-likeness (QED) is 0.536. The van der Waals surface area contributed by atoms with E-state index in [1.54, 1.807) is 23.3 Å². The van der Waals surface area contributed by atoms with Gasteiger partial charge in [-0.25, -0.2) is 4.31 Å². The lowest BCUT2D eigenvalue weighted by molar-refractivity contribution is 0.559. The van der Waals surface area contributed by atoms with Gasteiger partial charge in [0.1, 0.15) is 0 Å². The van der Waals surface area contributed by atoms with Gasteiger partial charge in [-0.1, -0.05) is 35.9 Å². The van der Waals surface area contributed by atoms with E-state index in [0.717, 1.165) is 22.8 Å². The molecule has 2 heterocycles. The molecule has 0 aliphatic carbocycles. The molecule has 0 spiro atoms. The average Bonchev–Trinajstić information content (AvgIpc) is 3.14. The van der Waals surface area contributed by atoms with E-state index in [2.05, 4.69) is 53.5 Å². The van der Waals surface area contributed by atoms with Crippen LogP contribution in [-0.2, 0) is 13.1 Å². The highest BCUT2D eigenvalue weighted by Gasteiger charge is 2.15. The van der Waals surface area contributed by atoms with Gasteiger partial charge in [-0.3, -0.25) is 4.68 Å². The van der Waals surface area contributed by atoms with Crippen LogP contribution in [0.1, 0.15) is 22.5 Å². The summed E-state index contributed by atoms with van der Waals surface area (Å²) in [5, 5.41) is 7.62. The van der Waals surface area contributed by atoms with E-state index in [4.69, 9.17) is 16.7 Å². The Hall–Kier alpha value is -1.27. The van der Waals surface area contributed by atoms with E-state index in [-0.39, 0.29) is 0 Å². The lowest BCUT2D eigenvalue weighted by atomic mass is 10.2. The minimum absolute atomic E-state index is 0.703. The maximum Gasteiger partial charge on any atom is 0.0753 e. The van der Waals surface area contributed by atoms with Gasteiger partial charge in [0, 0.05) is 22.8 Å². The molecule has 0 unspecified atom stereocenters. The average molecular weight is 378 g/mol. The first kappa shape index (κ1) is 17.5. The standard InChI is InChI=1S/C18H20ClN3S2/c1-13-16(12-21(3)24-18-9-6-10-23-18)14(2)22(20-13)11-15-7-4-5-8-17(15)19/h4-10H,11-12H2,1-3H3. The fourth-order valence-corrected chi connectivity index (χ4v) is 4.63. The van der Waals surface area contributed by atoms with E-state index in [1.807, 2.05) is 18.2 Å².